The van der Waals surface area contributed by atoms with Crippen LogP contribution in [0, 0.1) is 0 Å². The van der Waals surface area contributed by atoms with Crippen molar-refractivity contribution in [2.45, 2.75) is 31.2 Å². The zero-order valence-electron chi connectivity index (χ0n) is 15.2. The fourth-order valence-electron chi connectivity index (χ4n) is 3.32. The molecule has 2 aliphatic rings. The Hall–Kier alpha value is -2.16. The first-order valence-corrected chi connectivity index (χ1v) is 8.99. The highest BCUT2D eigenvalue weighted by Gasteiger charge is 2.33. The molecule has 0 radical (unpaired) electrons. The second kappa shape index (κ2) is 8.24. The number of nitrogens with zero attached hydrogens (tertiary/aromatic N) is 2. The molecule has 9 heteroatoms. The molecule has 0 aliphatic carbocycles. The van der Waals surface area contributed by atoms with Gasteiger partial charge in [-0.2, -0.15) is 13.2 Å². The van der Waals surface area contributed by atoms with Gasteiger partial charge in [0.15, 0.2) is 17.6 Å². The molecule has 1 fully saturated rings. The Balaban J connectivity index is 1.41. The molecule has 1 aromatic carbocycles. The zero-order valence-corrected chi connectivity index (χ0v) is 15.2. The van der Waals surface area contributed by atoms with Crippen molar-refractivity contribution in [2.24, 2.45) is 0 Å². The van der Waals surface area contributed by atoms with Gasteiger partial charge >= 0.3 is 12.2 Å². The molecule has 1 aromatic rings. The van der Waals surface area contributed by atoms with Crippen molar-refractivity contribution < 1.29 is 27.4 Å². The van der Waals surface area contributed by atoms with E-state index in [2.05, 4.69) is 5.32 Å². The van der Waals surface area contributed by atoms with Crippen LogP contribution in [0.15, 0.2) is 24.3 Å². The number of hydrogen-bond donors (Lipinski definition) is 1. The first-order chi connectivity index (χ1) is 12.8. The predicted molar refractivity (Wildman–Crippen MR) is 93.0 cm³/mol. The summed E-state index contributed by atoms with van der Waals surface area (Å²) in [5.41, 5.74) is 0. The number of fused-ring (bicyclic) bond motifs is 1. The van der Waals surface area contributed by atoms with Crippen LogP contribution in [-0.4, -0.2) is 74.0 Å². The number of alkyl halides is 3. The smallest absolute Gasteiger partial charge is 0.401 e. The fraction of sp³-hybridized carbons (Fsp3) is 0.611. The number of nitrogens with one attached hydrogen (secondary N) is 1. The number of carbonyl (C=O) groups excluding carboxylic acids is 1. The first kappa shape index (κ1) is 19.6. The second-order valence-electron chi connectivity index (χ2n) is 6.99. The third kappa shape index (κ3) is 5.66. The van der Waals surface area contributed by atoms with E-state index >= 15 is 0 Å². The molecule has 3 rings (SSSR count). The normalized spacial score (nSPS) is 21.0. The molecular formula is C18H24F3N3O3. The van der Waals surface area contributed by atoms with E-state index in [4.69, 9.17) is 9.47 Å². The lowest BCUT2D eigenvalue weighted by molar-refractivity contribution is -0.148. The number of carbonyl (C=O) groups is 1. The number of rotatable bonds is 4. The molecule has 1 atom stereocenters. The van der Waals surface area contributed by atoms with Gasteiger partial charge in [0.1, 0.15) is 6.61 Å². The van der Waals surface area contributed by atoms with Crippen LogP contribution in [0.1, 0.15) is 12.8 Å². The lowest BCUT2D eigenvalue weighted by Crippen LogP contribution is -2.51. The number of halogens is 3. The maximum Gasteiger partial charge on any atom is 0.401 e. The van der Waals surface area contributed by atoms with Crippen LogP contribution >= 0.6 is 0 Å². The Morgan fingerprint density at radius 1 is 1.26 bits per heavy atom. The van der Waals surface area contributed by atoms with E-state index in [1.54, 1.807) is 7.05 Å². The van der Waals surface area contributed by atoms with Crippen LogP contribution in [0.3, 0.4) is 0 Å². The standard InChI is InChI=1S/C18H24F3N3O3/c1-23(10-14-11-26-15-4-2-3-5-16(15)27-14)17(25)22-13-6-8-24(9-7-13)12-18(19,20)21/h2-5,13-14H,6-12H2,1H3,(H,22,25)/t14-/m1/s1. The molecule has 1 N–H and O–H groups in total. The summed E-state index contributed by atoms with van der Waals surface area (Å²) in [6, 6.07) is 6.98. The number of likely N-dealkylation sites (N-methyl/N-ethyl adjacent to an activating group) is 1. The fourth-order valence-corrected chi connectivity index (χ4v) is 3.32. The van der Waals surface area contributed by atoms with E-state index in [1.165, 1.54) is 9.80 Å². The lowest BCUT2D eigenvalue weighted by atomic mass is 10.1. The van der Waals surface area contributed by atoms with Crippen LogP contribution in [0.2, 0.25) is 0 Å². The first-order valence-electron chi connectivity index (χ1n) is 8.99. The van der Waals surface area contributed by atoms with Gasteiger partial charge in [-0.05, 0) is 25.0 Å². The van der Waals surface area contributed by atoms with E-state index in [1.807, 2.05) is 24.3 Å². The summed E-state index contributed by atoms with van der Waals surface area (Å²) in [7, 11) is 1.66. The summed E-state index contributed by atoms with van der Waals surface area (Å²) >= 11 is 0. The summed E-state index contributed by atoms with van der Waals surface area (Å²) in [4.78, 5) is 15.3. The largest absolute Gasteiger partial charge is 0.486 e. The van der Waals surface area contributed by atoms with E-state index in [0.717, 1.165) is 0 Å². The van der Waals surface area contributed by atoms with Gasteiger partial charge in [-0.25, -0.2) is 4.79 Å². The second-order valence-corrected chi connectivity index (χ2v) is 6.99. The molecule has 150 valence electrons. The number of likely N-dealkylation sites (tertiary alicyclic amines) is 1. The highest BCUT2D eigenvalue weighted by atomic mass is 19.4. The van der Waals surface area contributed by atoms with Gasteiger partial charge in [-0.15, -0.1) is 0 Å². The quantitative estimate of drug-likeness (QED) is 0.863. The molecule has 0 spiro atoms. The third-order valence-corrected chi connectivity index (χ3v) is 4.71. The summed E-state index contributed by atoms with van der Waals surface area (Å²) in [6.45, 7) is 0.459. The van der Waals surface area contributed by atoms with Crippen molar-refractivity contribution >= 4 is 6.03 Å². The van der Waals surface area contributed by atoms with Gasteiger partial charge in [-0.1, -0.05) is 12.1 Å². The van der Waals surface area contributed by atoms with Gasteiger partial charge < -0.3 is 19.7 Å². The van der Waals surface area contributed by atoms with Crippen molar-refractivity contribution in [3.8, 4) is 11.5 Å². The van der Waals surface area contributed by atoms with Crippen LogP contribution in [0.4, 0.5) is 18.0 Å². The van der Waals surface area contributed by atoms with E-state index < -0.39 is 12.7 Å². The Morgan fingerprint density at radius 2 is 1.93 bits per heavy atom. The minimum absolute atomic E-state index is 0.117. The van der Waals surface area contributed by atoms with Crippen molar-refractivity contribution in [1.29, 1.82) is 0 Å². The molecule has 0 aromatic heterocycles. The van der Waals surface area contributed by atoms with Crippen LogP contribution in [0.5, 0.6) is 11.5 Å². The average Bonchev–Trinajstić information content (AvgIpc) is 2.62. The molecule has 2 amide bonds. The molecule has 2 heterocycles. The van der Waals surface area contributed by atoms with Crippen molar-refractivity contribution in [2.75, 3.05) is 39.8 Å². The highest BCUT2D eigenvalue weighted by Crippen LogP contribution is 2.31. The molecular weight excluding hydrogens is 363 g/mol. The Bertz CT molecular complexity index is 648. The molecule has 0 bridgehead atoms. The highest BCUT2D eigenvalue weighted by molar-refractivity contribution is 5.74. The maximum atomic E-state index is 12.4. The summed E-state index contributed by atoms with van der Waals surface area (Å²) in [5, 5.41) is 2.89. The van der Waals surface area contributed by atoms with E-state index in [0.29, 0.717) is 50.6 Å². The molecule has 0 saturated carbocycles. The SMILES string of the molecule is CN(C[C@@H]1COc2ccccc2O1)C(=O)NC1CCN(CC(F)(F)F)CC1. The molecule has 6 nitrogen and oxygen atoms in total. The van der Waals surface area contributed by atoms with Crippen LogP contribution < -0.4 is 14.8 Å². The molecule has 2 aliphatic heterocycles. The van der Waals surface area contributed by atoms with E-state index in [9.17, 15) is 18.0 Å². The number of ether oxygens (including phenoxy) is 2. The average molecular weight is 387 g/mol. The van der Waals surface area contributed by atoms with Crippen molar-refractivity contribution in [3.63, 3.8) is 0 Å². The third-order valence-electron chi connectivity index (χ3n) is 4.71. The molecule has 0 unspecified atom stereocenters. The van der Waals surface area contributed by atoms with Crippen molar-refractivity contribution in [3.05, 3.63) is 24.3 Å². The van der Waals surface area contributed by atoms with Gasteiger partial charge in [0.25, 0.3) is 0 Å². The number of hydrogen-bond acceptors (Lipinski definition) is 4. The van der Waals surface area contributed by atoms with Gasteiger partial charge in [-0.3, -0.25) is 4.90 Å². The summed E-state index contributed by atoms with van der Waals surface area (Å²) < 4.78 is 48.8. The predicted octanol–water partition coefficient (Wildman–Crippen LogP) is 2.49. The van der Waals surface area contributed by atoms with Gasteiger partial charge in [0, 0.05) is 26.2 Å². The number of piperidine rings is 1. The minimum atomic E-state index is -4.18. The minimum Gasteiger partial charge on any atom is -0.486 e. The topological polar surface area (TPSA) is 54.0 Å². The number of amides is 2. The van der Waals surface area contributed by atoms with E-state index in [-0.39, 0.29) is 18.2 Å². The Labute approximate surface area is 156 Å². The number of urea groups is 1. The number of benzene rings is 1. The van der Waals surface area contributed by atoms with Crippen LogP contribution in [-0.2, 0) is 0 Å². The molecule has 27 heavy (non-hydrogen) atoms. The van der Waals surface area contributed by atoms with Gasteiger partial charge in [0.05, 0.1) is 13.1 Å². The monoisotopic (exact) mass is 387 g/mol. The summed E-state index contributed by atoms with van der Waals surface area (Å²) in [5.74, 6) is 1.34. The van der Waals surface area contributed by atoms with Crippen molar-refractivity contribution in [1.82, 2.24) is 15.1 Å². The van der Waals surface area contributed by atoms with Crippen LogP contribution in [0.25, 0.3) is 0 Å². The molecule has 1 saturated heterocycles. The Morgan fingerprint density at radius 3 is 2.59 bits per heavy atom. The summed E-state index contributed by atoms with van der Waals surface area (Å²) in [6.07, 6.45) is -3.45. The lowest BCUT2D eigenvalue weighted by Gasteiger charge is -2.34. The van der Waals surface area contributed by atoms with Gasteiger partial charge in [0.2, 0.25) is 0 Å². The Kier molecular flexibility index (Phi) is 5.98. The number of para-hydroxylation sites is 2. The maximum absolute atomic E-state index is 12.4. The zero-order chi connectivity index (χ0) is 19.4.